The average Bonchev–Trinajstić information content (AvgIpc) is 3.54. The van der Waals surface area contributed by atoms with Gasteiger partial charge in [-0.25, -0.2) is 13.8 Å². The lowest BCUT2D eigenvalue weighted by atomic mass is 9.90. The standard InChI is InChI=1S/C34H32F5N5O3/c35-26-8-7-25(27(36)20-26)19-30(46)43-16-14-42(15-17-43)29-9-6-22(21-40-29)18-28(45)31-32(34(37,38)39)41-33(47-31)44-12-10-24(11-13-44)23-4-2-1-3-5-23/h1-9,20-21,24H,10-19H2. The fraction of sp³-hybridized carbons (Fsp3) is 0.353. The summed E-state index contributed by atoms with van der Waals surface area (Å²) in [6.07, 6.45) is -2.53. The molecule has 1 amide bonds. The second-order valence-corrected chi connectivity index (χ2v) is 11.7. The normalized spacial score (nSPS) is 16.1. The number of piperazine rings is 1. The van der Waals surface area contributed by atoms with Crippen LogP contribution in [0.2, 0.25) is 0 Å². The van der Waals surface area contributed by atoms with Gasteiger partial charge >= 0.3 is 6.18 Å². The molecule has 0 atom stereocenters. The molecule has 0 radical (unpaired) electrons. The summed E-state index contributed by atoms with van der Waals surface area (Å²) in [6, 6.07) is 16.1. The molecule has 6 rings (SSSR count). The maximum absolute atomic E-state index is 14.0. The van der Waals surface area contributed by atoms with E-state index in [4.69, 9.17) is 4.42 Å². The van der Waals surface area contributed by atoms with Crippen LogP contribution in [0.4, 0.5) is 33.8 Å². The molecule has 8 nitrogen and oxygen atoms in total. The van der Waals surface area contributed by atoms with E-state index in [1.54, 1.807) is 21.9 Å². The van der Waals surface area contributed by atoms with Gasteiger partial charge in [0.2, 0.25) is 17.5 Å². The molecular weight excluding hydrogens is 621 g/mol. The number of piperidine rings is 1. The molecule has 13 heteroatoms. The van der Waals surface area contributed by atoms with Crippen molar-refractivity contribution in [1.29, 1.82) is 0 Å². The number of carbonyl (C=O) groups is 2. The number of hydrogen-bond acceptors (Lipinski definition) is 7. The second-order valence-electron chi connectivity index (χ2n) is 11.7. The zero-order valence-corrected chi connectivity index (χ0v) is 25.3. The molecular formula is C34H32F5N5O3. The van der Waals surface area contributed by atoms with Gasteiger partial charge in [-0.1, -0.05) is 42.5 Å². The van der Waals surface area contributed by atoms with E-state index in [0.717, 1.165) is 25.0 Å². The number of benzene rings is 2. The van der Waals surface area contributed by atoms with Gasteiger partial charge in [0.1, 0.15) is 17.5 Å². The maximum atomic E-state index is 14.0. The molecule has 0 aliphatic carbocycles. The minimum absolute atomic E-state index is 0.123. The van der Waals surface area contributed by atoms with Crippen LogP contribution in [0.15, 0.2) is 71.3 Å². The van der Waals surface area contributed by atoms with Crippen molar-refractivity contribution in [3.8, 4) is 0 Å². The summed E-state index contributed by atoms with van der Waals surface area (Å²) in [5, 5.41) is 0. The summed E-state index contributed by atoms with van der Waals surface area (Å²) in [5.74, 6) is -2.56. The first kappa shape index (κ1) is 32.1. The zero-order valence-electron chi connectivity index (χ0n) is 25.3. The van der Waals surface area contributed by atoms with Crippen molar-refractivity contribution < 1.29 is 36.0 Å². The van der Waals surface area contributed by atoms with Crippen molar-refractivity contribution in [3.63, 3.8) is 0 Å². The van der Waals surface area contributed by atoms with E-state index in [9.17, 15) is 31.5 Å². The first-order valence-electron chi connectivity index (χ1n) is 15.4. The third kappa shape index (κ3) is 7.44. The Hall–Kier alpha value is -4.81. The summed E-state index contributed by atoms with van der Waals surface area (Å²) in [5.41, 5.74) is 0.378. The minimum Gasteiger partial charge on any atom is -0.420 e. The first-order valence-corrected chi connectivity index (χ1v) is 15.4. The molecule has 2 aliphatic heterocycles. The van der Waals surface area contributed by atoms with E-state index in [2.05, 4.69) is 9.97 Å². The highest BCUT2D eigenvalue weighted by molar-refractivity contribution is 5.96. The predicted molar refractivity (Wildman–Crippen MR) is 163 cm³/mol. The fourth-order valence-corrected chi connectivity index (χ4v) is 6.05. The number of nitrogens with zero attached hydrogens (tertiary/aromatic N) is 5. The van der Waals surface area contributed by atoms with Crippen LogP contribution in [0.3, 0.4) is 0 Å². The van der Waals surface area contributed by atoms with Gasteiger partial charge in [0.05, 0.1) is 6.42 Å². The molecule has 0 unspecified atom stereocenters. The summed E-state index contributed by atoms with van der Waals surface area (Å²) in [4.78, 5) is 39.1. The lowest BCUT2D eigenvalue weighted by Crippen LogP contribution is -2.49. The second kappa shape index (κ2) is 13.5. The Bertz CT molecular complexity index is 1710. The minimum atomic E-state index is -4.87. The van der Waals surface area contributed by atoms with Gasteiger partial charge in [-0.3, -0.25) is 9.59 Å². The lowest BCUT2D eigenvalue weighted by molar-refractivity contribution is -0.141. The number of oxazole rings is 1. The first-order chi connectivity index (χ1) is 22.5. The van der Waals surface area contributed by atoms with E-state index in [1.165, 1.54) is 17.8 Å². The third-order valence-electron chi connectivity index (χ3n) is 8.66. The highest BCUT2D eigenvalue weighted by Gasteiger charge is 2.42. The van der Waals surface area contributed by atoms with Crippen molar-refractivity contribution >= 4 is 23.5 Å². The zero-order chi connectivity index (χ0) is 33.1. The molecule has 2 saturated heterocycles. The van der Waals surface area contributed by atoms with E-state index < -0.39 is 35.0 Å². The monoisotopic (exact) mass is 653 g/mol. The maximum Gasteiger partial charge on any atom is 0.437 e. The molecule has 0 bridgehead atoms. The molecule has 2 fully saturated rings. The molecule has 0 saturated carbocycles. The van der Waals surface area contributed by atoms with Crippen LogP contribution in [0.25, 0.3) is 0 Å². The number of aromatic nitrogens is 2. The van der Waals surface area contributed by atoms with Crippen molar-refractivity contribution in [2.24, 2.45) is 0 Å². The van der Waals surface area contributed by atoms with E-state index >= 15 is 0 Å². The number of carbonyl (C=O) groups excluding carboxylic acids is 2. The smallest absolute Gasteiger partial charge is 0.420 e. The molecule has 2 aromatic heterocycles. The number of hydrogen-bond donors (Lipinski definition) is 0. The van der Waals surface area contributed by atoms with Gasteiger partial charge in [0.15, 0.2) is 5.69 Å². The van der Waals surface area contributed by atoms with Crippen LogP contribution in [0, 0.1) is 11.6 Å². The van der Waals surface area contributed by atoms with Crippen LogP contribution >= 0.6 is 0 Å². The van der Waals surface area contributed by atoms with Gasteiger partial charge in [0, 0.05) is 58.0 Å². The molecule has 47 heavy (non-hydrogen) atoms. The van der Waals surface area contributed by atoms with Gasteiger partial charge in [0.25, 0.3) is 6.01 Å². The molecule has 0 spiro atoms. The number of alkyl halides is 3. The van der Waals surface area contributed by atoms with Crippen molar-refractivity contribution in [3.05, 3.63) is 107 Å². The van der Waals surface area contributed by atoms with Gasteiger partial charge in [-0.2, -0.15) is 18.2 Å². The van der Waals surface area contributed by atoms with E-state index in [-0.39, 0.29) is 36.2 Å². The highest BCUT2D eigenvalue weighted by atomic mass is 19.4. The molecule has 2 aromatic carbocycles. The van der Waals surface area contributed by atoms with Crippen LogP contribution in [0.5, 0.6) is 0 Å². The Morgan fingerprint density at radius 3 is 2.21 bits per heavy atom. The van der Waals surface area contributed by atoms with Crippen LogP contribution < -0.4 is 9.80 Å². The topological polar surface area (TPSA) is 82.8 Å². The SMILES string of the molecule is O=C(Cc1ccc(N2CCN(C(=O)Cc3ccc(F)cc3F)CC2)nc1)c1oc(N2CCC(c3ccccc3)CC2)nc1C(F)(F)F. The predicted octanol–water partition coefficient (Wildman–Crippen LogP) is 6.07. The summed E-state index contributed by atoms with van der Waals surface area (Å²) < 4.78 is 74.4. The lowest BCUT2D eigenvalue weighted by Gasteiger charge is -2.35. The fourth-order valence-electron chi connectivity index (χ4n) is 6.05. The molecule has 4 aromatic rings. The molecule has 0 N–H and O–H groups in total. The quantitative estimate of drug-likeness (QED) is 0.169. The number of Topliss-reactive ketones (excluding diaryl/α,β-unsaturated/α-hetero) is 1. The summed E-state index contributed by atoms with van der Waals surface area (Å²) in [7, 11) is 0. The largest absolute Gasteiger partial charge is 0.437 e. The Labute approximate surface area is 267 Å². The molecule has 2 aliphatic rings. The van der Waals surface area contributed by atoms with Crippen LogP contribution in [0.1, 0.15) is 51.7 Å². The van der Waals surface area contributed by atoms with Crippen LogP contribution in [-0.2, 0) is 23.8 Å². The summed E-state index contributed by atoms with van der Waals surface area (Å²) >= 11 is 0. The number of pyridine rings is 1. The number of amides is 1. The van der Waals surface area contributed by atoms with Gasteiger partial charge in [-0.15, -0.1) is 0 Å². The number of anilines is 2. The van der Waals surface area contributed by atoms with Crippen LogP contribution in [-0.4, -0.2) is 65.8 Å². The van der Waals surface area contributed by atoms with Gasteiger partial charge in [-0.05, 0) is 47.6 Å². The highest BCUT2D eigenvalue weighted by Crippen LogP contribution is 2.37. The number of ketones is 1. The van der Waals surface area contributed by atoms with Gasteiger partial charge < -0.3 is 19.1 Å². The number of rotatable bonds is 8. The molecule has 4 heterocycles. The Kier molecular flexibility index (Phi) is 9.24. The number of halogens is 5. The summed E-state index contributed by atoms with van der Waals surface area (Å²) in [6.45, 7) is 2.52. The van der Waals surface area contributed by atoms with Crippen molar-refractivity contribution in [2.45, 2.75) is 37.8 Å². The van der Waals surface area contributed by atoms with E-state index in [1.807, 2.05) is 35.2 Å². The Morgan fingerprint density at radius 1 is 0.851 bits per heavy atom. The average molecular weight is 654 g/mol. The van der Waals surface area contributed by atoms with E-state index in [0.29, 0.717) is 50.6 Å². The third-order valence-corrected chi connectivity index (χ3v) is 8.66. The Balaban J connectivity index is 1.05. The van der Waals surface area contributed by atoms with Crippen molar-refractivity contribution in [1.82, 2.24) is 14.9 Å². The van der Waals surface area contributed by atoms with Crippen molar-refractivity contribution in [2.75, 3.05) is 49.1 Å². The molecule has 246 valence electrons. The Morgan fingerprint density at radius 2 is 1.57 bits per heavy atom.